The third-order valence-electron chi connectivity index (χ3n) is 1.60. The van der Waals surface area contributed by atoms with Crippen molar-refractivity contribution in [3.63, 3.8) is 0 Å². The average molecular weight is 180 g/mol. The van der Waals surface area contributed by atoms with Crippen LogP contribution in [0.3, 0.4) is 0 Å². The molecule has 0 saturated heterocycles. The van der Waals surface area contributed by atoms with Crippen molar-refractivity contribution in [2.75, 3.05) is 0 Å². The SMILES string of the molecule is CC(C)Oc1ccc(C(C)N)nc1. The molecule has 0 aliphatic rings. The van der Waals surface area contributed by atoms with E-state index in [1.54, 1.807) is 6.20 Å². The lowest BCUT2D eigenvalue weighted by atomic mass is 10.2. The maximum Gasteiger partial charge on any atom is 0.137 e. The average Bonchev–Trinajstić information content (AvgIpc) is 2.04. The van der Waals surface area contributed by atoms with Gasteiger partial charge in [0.15, 0.2) is 0 Å². The lowest BCUT2D eigenvalue weighted by Crippen LogP contribution is -2.09. The number of nitrogens with two attached hydrogens (primary N) is 1. The summed E-state index contributed by atoms with van der Waals surface area (Å²) in [4.78, 5) is 4.18. The van der Waals surface area contributed by atoms with Crippen LogP contribution in [0.2, 0.25) is 0 Å². The molecule has 0 fully saturated rings. The zero-order chi connectivity index (χ0) is 9.84. The third-order valence-corrected chi connectivity index (χ3v) is 1.60. The summed E-state index contributed by atoms with van der Waals surface area (Å²) in [5.41, 5.74) is 6.55. The summed E-state index contributed by atoms with van der Waals surface area (Å²) in [5.74, 6) is 0.791. The van der Waals surface area contributed by atoms with E-state index in [4.69, 9.17) is 10.5 Å². The molecule has 0 aliphatic carbocycles. The van der Waals surface area contributed by atoms with Crippen molar-refractivity contribution in [2.45, 2.75) is 32.9 Å². The van der Waals surface area contributed by atoms with Crippen molar-refractivity contribution in [2.24, 2.45) is 5.73 Å². The summed E-state index contributed by atoms with van der Waals surface area (Å²) < 4.78 is 5.45. The van der Waals surface area contributed by atoms with Crippen molar-refractivity contribution in [1.29, 1.82) is 0 Å². The van der Waals surface area contributed by atoms with E-state index in [0.717, 1.165) is 11.4 Å². The largest absolute Gasteiger partial charge is 0.489 e. The molecule has 3 heteroatoms. The fourth-order valence-corrected chi connectivity index (χ4v) is 1.00. The summed E-state index contributed by atoms with van der Waals surface area (Å²) >= 11 is 0. The van der Waals surface area contributed by atoms with Gasteiger partial charge in [-0.25, -0.2) is 0 Å². The summed E-state index contributed by atoms with van der Waals surface area (Å²) in [6, 6.07) is 3.77. The number of aromatic nitrogens is 1. The van der Waals surface area contributed by atoms with Crippen LogP contribution in [0.4, 0.5) is 0 Å². The molecule has 0 aliphatic heterocycles. The Morgan fingerprint density at radius 1 is 1.31 bits per heavy atom. The molecule has 3 nitrogen and oxygen atoms in total. The van der Waals surface area contributed by atoms with E-state index in [2.05, 4.69) is 4.98 Å². The van der Waals surface area contributed by atoms with Crippen LogP contribution in [0.25, 0.3) is 0 Å². The topological polar surface area (TPSA) is 48.1 Å². The fraction of sp³-hybridized carbons (Fsp3) is 0.500. The number of ether oxygens (including phenoxy) is 1. The van der Waals surface area contributed by atoms with Gasteiger partial charge in [0, 0.05) is 6.04 Å². The van der Waals surface area contributed by atoms with Gasteiger partial charge >= 0.3 is 0 Å². The van der Waals surface area contributed by atoms with Gasteiger partial charge in [0.1, 0.15) is 5.75 Å². The molecule has 0 bridgehead atoms. The Balaban J connectivity index is 2.70. The molecule has 2 N–H and O–H groups in total. The van der Waals surface area contributed by atoms with E-state index in [0.29, 0.717) is 0 Å². The number of nitrogens with zero attached hydrogens (tertiary/aromatic N) is 1. The second-order valence-corrected chi connectivity index (χ2v) is 3.37. The monoisotopic (exact) mass is 180 g/mol. The highest BCUT2D eigenvalue weighted by Crippen LogP contribution is 2.13. The minimum Gasteiger partial charge on any atom is -0.489 e. The van der Waals surface area contributed by atoms with E-state index in [1.807, 2.05) is 32.9 Å². The Hall–Kier alpha value is -1.09. The van der Waals surface area contributed by atoms with Crippen LogP contribution in [0, 0.1) is 0 Å². The number of hydrogen-bond acceptors (Lipinski definition) is 3. The molecule has 0 amide bonds. The van der Waals surface area contributed by atoms with Gasteiger partial charge in [-0.15, -0.1) is 0 Å². The van der Waals surface area contributed by atoms with Gasteiger partial charge in [0.2, 0.25) is 0 Å². The predicted molar refractivity (Wildman–Crippen MR) is 52.6 cm³/mol. The lowest BCUT2D eigenvalue weighted by molar-refractivity contribution is 0.241. The maximum atomic E-state index is 5.66. The van der Waals surface area contributed by atoms with Crippen molar-refractivity contribution in [3.8, 4) is 5.75 Å². The molecule has 0 spiro atoms. The summed E-state index contributed by atoms with van der Waals surface area (Å²) in [5, 5.41) is 0. The molecule has 72 valence electrons. The van der Waals surface area contributed by atoms with Crippen LogP contribution >= 0.6 is 0 Å². The lowest BCUT2D eigenvalue weighted by Gasteiger charge is -2.10. The maximum absolute atomic E-state index is 5.66. The van der Waals surface area contributed by atoms with Crippen LogP contribution in [-0.4, -0.2) is 11.1 Å². The molecule has 1 unspecified atom stereocenters. The second kappa shape index (κ2) is 4.23. The Labute approximate surface area is 78.9 Å². The highest BCUT2D eigenvalue weighted by molar-refractivity contribution is 5.21. The first-order chi connectivity index (χ1) is 6.09. The molecular formula is C10H16N2O. The summed E-state index contributed by atoms with van der Waals surface area (Å²) in [6.45, 7) is 5.88. The van der Waals surface area contributed by atoms with Crippen molar-refractivity contribution < 1.29 is 4.74 Å². The Morgan fingerprint density at radius 3 is 2.38 bits per heavy atom. The highest BCUT2D eigenvalue weighted by atomic mass is 16.5. The molecule has 1 heterocycles. The molecular weight excluding hydrogens is 164 g/mol. The van der Waals surface area contributed by atoms with E-state index in [-0.39, 0.29) is 12.1 Å². The van der Waals surface area contributed by atoms with Gasteiger partial charge in [-0.3, -0.25) is 4.98 Å². The first-order valence-electron chi connectivity index (χ1n) is 4.48. The standard InChI is InChI=1S/C10H16N2O/c1-7(2)13-9-4-5-10(8(3)11)12-6-9/h4-8H,11H2,1-3H3. The summed E-state index contributed by atoms with van der Waals surface area (Å²) in [6.07, 6.45) is 1.89. The fourth-order valence-electron chi connectivity index (χ4n) is 1.00. The van der Waals surface area contributed by atoms with Crippen LogP contribution < -0.4 is 10.5 Å². The minimum atomic E-state index is -0.0203. The first kappa shape index (κ1) is 9.99. The highest BCUT2D eigenvalue weighted by Gasteiger charge is 2.01. The van der Waals surface area contributed by atoms with Crippen LogP contribution in [0.1, 0.15) is 32.5 Å². The molecule has 0 radical (unpaired) electrons. The molecule has 1 rings (SSSR count). The van der Waals surface area contributed by atoms with E-state index in [9.17, 15) is 0 Å². The molecule has 13 heavy (non-hydrogen) atoms. The van der Waals surface area contributed by atoms with Crippen molar-refractivity contribution >= 4 is 0 Å². The Bertz CT molecular complexity index is 254. The molecule has 0 saturated carbocycles. The van der Waals surface area contributed by atoms with Crippen molar-refractivity contribution in [3.05, 3.63) is 24.0 Å². The zero-order valence-electron chi connectivity index (χ0n) is 8.32. The summed E-state index contributed by atoms with van der Waals surface area (Å²) in [7, 11) is 0. The Kier molecular flexibility index (Phi) is 3.25. The van der Waals surface area contributed by atoms with Gasteiger partial charge in [0.25, 0.3) is 0 Å². The van der Waals surface area contributed by atoms with Gasteiger partial charge in [0.05, 0.1) is 18.0 Å². The smallest absolute Gasteiger partial charge is 0.137 e. The van der Waals surface area contributed by atoms with Crippen LogP contribution in [0.5, 0.6) is 5.75 Å². The van der Waals surface area contributed by atoms with Gasteiger partial charge in [-0.1, -0.05) is 0 Å². The van der Waals surface area contributed by atoms with E-state index >= 15 is 0 Å². The number of hydrogen-bond donors (Lipinski definition) is 1. The Morgan fingerprint density at radius 2 is 2.00 bits per heavy atom. The normalized spacial score (nSPS) is 13.0. The molecule has 0 aromatic carbocycles. The van der Waals surface area contributed by atoms with Crippen LogP contribution in [0.15, 0.2) is 18.3 Å². The second-order valence-electron chi connectivity index (χ2n) is 3.37. The van der Waals surface area contributed by atoms with Gasteiger partial charge in [-0.05, 0) is 32.9 Å². The van der Waals surface area contributed by atoms with Gasteiger partial charge < -0.3 is 10.5 Å². The molecule has 1 aromatic heterocycles. The quantitative estimate of drug-likeness (QED) is 0.772. The predicted octanol–water partition coefficient (Wildman–Crippen LogP) is 1.89. The zero-order valence-corrected chi connectivity index (χ0v) is 8.32. The van der Waals surface area contributed by atoms with Crippen molar-refractivity contribution in [1.82, 2.24) is 4.98 Å². The molecule has 1 atom stereocenters. The van der Waals surface area contributed by atoms with E-state index in [1.165, 1.54) is 0 Å². The number of pyridine rings is 1. The first-order valence-corrected chi connectivity index (χ1v) is 4.48. The minimum absolute atomic E-state index is 0.0203. The molecule has 1 aromatic rings. The van der Waals surface area contributed by atoms with E-state index < -0.39 is 0 Å². The number of rotatable bonds is 3. The third kappa shape index (κ3) is 3.03. The van der Waals surface area contributed by atoms with Gasteiger partial charge in [-0.2, -0.15) is 0 Å². The van der Waals surface area contributed by atoms with Crippen LogP contribution in [-0.2, 0) is 0 Å².